The van der Waals surface area contributed by atoms with Gasteiger partial charge in [-0.25, -0.2) is 0 Å². The van der Waals surface area contributed by atoms with Crippen LogP contribution in [0.1, 0.15) is 0 Å². The summed E-state index contributed by atoms with van der Waals surface area (Å²) in [4.78, 5) is 11.9. The predicted octanol–water partition coefficient (Wildman–Crippen LogP) is -0.301. The summed E-state index contributed by atoms with van der Waals surface area (Å²) in [5.41, 5.74) is 0. The van der Waals surface area contributed by atoms with E-state index in [0.717, 1.165) is 0 Å². The number of nitrogens with one attached hydrogen (secondary N) is 1. The van der Waals surface area contributed by atoms with Crippen LogP contribution in [0.4, 0.5) is 5.95 Å². The third kappa shape index (κ3) is 2.24. The van der Waals surface area contributed by atoms with Crippen molar-refractivity contribution in [1.29, 1.82) is 0 Å². The first kappa shape index (κ1) is 9.91. The Bertz CT molecular complexity index is 320. The molecule has 1 N–H and O–H groups in total. The van der Waals surface area contributed by atoms with Gasteiger partial charge in [0.05, 0.1) is 20.3 Å². The lowest BCUT2D eigenvalue weighted by atomic mass is 10.3. The molecule has 0 aliphatic carbocycles. The topological polar surface area (TPSA) is 78.4 Å². The summed E-state index contributed by atoms with van der Waals surface area (Å²) in [6.45, 7) is 1.14. The number of hydrogen-bond acceptors (Lipinski definition) is 7. The molecule has 2 heterocycles. The molecule has 0 spiro atoms. The van der Waals surface area contributed by atoms with Crippen LogP contribution in [-0.2, 0) is 4.74 Å². The fourth-order valence-corrected chi connectivity index (χ4v) is 1.02. The Labute approximate surface area is 86.8 Å². The van der Waals surface area contributed by atoms with E-state index in [1.54, 1.807) is 7.05 Å². The molecule has 0 amide bonds. The molecule has 0 atom stereocenters. The molecule has 1 saturated heterocycles. The summed E-state index contributed by atoms with van der Waals surface area (Å²) in [5.74, 6) is 0.414. The normalized spacial score (nSPS) is 15.6. The quantitative estimate of drug-likeness (QED) is 0.734. The molecule has 0 aromatic carbocycles. The minimum atomic E-state index is 0.0295. The van der Waals surface area contributed by atoms with Crippen molar-refractivity contribution < 1.29 is 14.2 Å². The van der Waals surface area contributed by atoms with Crippen LogP contribution in [0.25, 0.3) is 0 Å². The van der Waals surface area contributed by atoms with Crippen LogP contribution in [0.3, 0.4) is 0 Å². The van der Waals surface area contributed by atoms with Gasteiger partial charge in [-0.2, -0.15) is 9.97 Å². The van der Waals surface area contributed by atoms with Gasteiger partial charge < -0.3 is 19.5 Å². The van der Waals surface area contributed by atoms with Gasteiger partial charge in [-0.1, -0.05) is 0 Å². The molecule has 7 nitrogen and oxygen atoms in total. The van der Waals surface area contributed by atoms with Gasteiger partial charge in [0.1, 0.15) is 6.10 Å². The van der Waals surface area contributed by atoms with Crippen molar-refractivity contribution in [2.75, 3.05) is 32.7 Å². The van der Waals surface area contributed by atoms with Gasteiger partial charge in [-0.3, -0.25) is 0 Å². The highest BCUT2D eigenvalue weighted by Gasteiger charge is 2.22. The van der Waals surface area contributed by atoms with Crippen molar-refractivity contribution >= 4 is 5.95 Å². The molecule has 15 heavy (non-hydrogen) atoms. The van der Waals surface area contributed by atoms with Crippen LogP contribution in [-0.4, -0.2) is 48.4 Å². The molecule has 0 bridgehead atoms. The standard InChI is InChI=1S/C8H12N4O3/c1-9-6-10-7(13-2)12-8(11-6)15-5-3-14-4-5/h5H,3-4H2,1-2H3,(H,9,10,11,12). The number of ether oxygens (including phenoxy) is 3. The predicted molar refractivity (Wildman–Crippen MR) is 51.2 cm³/mol. The second kappa shape index (κ2) is 4.26. The summed E-state index contributed by atoms with van der Waals surface area (Å²) in [5, 5.41) is 2.80. The third-order valence-corrected chi connectivity index (χ3v) is 1.88. The molecule has 2 rings (SSSR count). The van der Waals surface area contributed by atoms with Crippen molar-refractivity contribution in [3.05, 3.63) is 0 Å². The minimum Gasteiger partial charge on any atom is -0.467 e. The molecule has 1 aliphatic rings. The molecule has 7 heteroatoms. The largest absolute Gasteiger partial charge is 0.467 e. The molecular weight excluding hydrogens is 200 g/mol. The van der Waals surface area contributed by atoms with Gasteiger partial charge in [0.25, 0.3) is 0 Å². The average molecular weight is 212 g/mol. The van der Waals surface area contributed by atoms with Crippen LogP contribution in [0.2, 0.25) is 0 Å². The van der Waals surface area contributed by atoms with E-state index < -0.39 is 0 Å². The lowest BCUT2D eigenvalue weighted by Crippen LogP contribution is -2.39. The second-order valence-electron chi connectivity index (χ2n) is 2.96. The Kier molecular flexibility index (Phi) is 2.82. The zero-order valence-electron chi connectivity index (χ0n) is 8.56. The molecule has 0 saturated carbocycles. The van der Waals surface area contributed by atoms with Crippen LogP contribution in [0.5, 0.6) is 12.0 Å². The summed E-state index contributed by atoms with van der Waals surface area (Å²) >= 11 is 0. The van der Waals surface area contributed by atoms with Gasteiger partial charge in [-0.15, -0.1) is 4.98 Å². The van der Waals surface area contributed by atoms with E-state index in [0.29, 0.717) is 19.2 Å². The maximum Gasteiger partial charge on any atom is 0.324 e. The number of methoxy groups -OCH3 is 1. The van der Waals surface area contributed by atoms with E-state index >= 15 is 0 Å². The van der Waals surface area contributed by atoms with E-state index in [4.69, 9.17) is 14.2 Å². The first-order valence-electron chi connectivity index (χ1n) is 4.54. The number of anilines is 1. The Morgan fingerprint density at radius 3 is 2.53 bits per heavy atom. The Morgan fingerprint density at radius 2 is 2.00 bits per heavy atom. The second-order valence-corrected chi connectivity index (χ2v) is 2.96. The zero-order valence-corrected chi connectivity index (χ0v) is 8.56. The van der Waals surface area contributed by atoms with Gasteiger partial charge >= 0.3 is 12.0 Å². The smallest absolute Gasteiger partial charge is 0.324 e. The van der Waals surface area contributed by atoms with E-state index in [2.05, 4.69) is 20.3 Å². The molecular formula is C8H12N4O3. The molecule has 1 aliphatic heterocycles. The van der Waals surface area contributed by atoms with Crippen molar-refractivity contribution in [3.63, 3.8) is 0 Å². The maximum atomic E-state index is 5.43. The SMILES string of the molecule is CNc1nc(OC)nc(OC2COC2)n1. The van der Waals surface area contributed by atoms with Crippen molar-refractivity contribution in [2.45, 2.75) is 6.10 Å². The van der Waals surface area contributed by atoms with Crippen molar-refractivity contribution in [2.24, 2.45) is 0 Å². The van der Waals surface area contributed by atoms with E-state index in [9.17, 15) is 0 Å². The number of nitrogens with zero attached hydrogens (tertiary/aromatic N) is 3. The molecule has 0 unspecified atom stereocenters. The van der Waals surface area contributed by atoms with Crippen LogP contribution < -0.4 is 14.8 Å². The Hall–Kier alpha value is -1.63. The van der Waals surface area contributed by atoms with Crippen LogP contribution in [0.15, 0.2) is 0 Å². The van der Waals surface area contributed by atoms with Crippen LogP contribution >= 0.6 is 0 Å². The highest BCUT2D eigenvalue weighted by molar-refractivity contribution is 5.26. The number of aromatic nitrogens is 3. The average Bonchev–Trinajstić information content (AvgIpc) is 2.23. The molecule has 1 aromatic heterocycles. The molecule has 1 aromatic rings. The fraction of sp³-hybridized carbons (Fsp3) is 0.625. The van der Waals surface area contributed by atoms with Gasteiger partial charge in [-0.05, 0) is 0 Å². The maximum absolute atomic E-state index is 5.43. The number of rotatable bonds is 4. The van der Waals surface area contributed by atoms with Gasteiger partial charge in [0.2, 0.25) is 5.95 Å². The van der Waals surface area contributed by atoms with Crippen molar-refractivity contribution in [1.82, 2.24) is 15.0 Å². The van der Waals surface area contributed by atoms with E-state index in [1.165, 1.54) is 7.11 Å². The Morgan fingerprint density at radius 1 is 1.27 bits per heavy atom. The third-order valence-electron chi connectivity index (χ3n) is 1.88. The highest BCUT2D eigenvalue weighted by Crippen LogP contribution is 2.15. The first-order valence-corrected chi connectivity index (χ1v) is 4.54. The zero-order chi connectivity index (χ0) is 10.7. The van der Waals surface area contributed by atoms with Gasteiger partial charge in [0, 0.05) is 7.05 Å². The van der Waals surface area contributed by atoms with Crippen LogP contribution in [0, 0.1) is 0 Å². The van der Waals surface area contributed by atoms with E-state index in [1.807, 2.05) is 0 Å². The summed E-state index contributed by atoms with van der Waals surface area (Å²) in [6, 6.07) is 0.476. The lowest BCUT2D eigenvalue weighted by Gasteiger charge is -2.25. The molecule has 1 fully saturated rings. The lowest BCUT2D eigenvalue weighted by molar-refractivity contribution is -0.0833. The monoisotopic (exact) mass is 212 g/mol. The minimum absolute atomic E-state index is 0.0295. The molecule has 0 radical (unpaired) electrons. The van der Waals surface area contributed by atoms with Crippen molar-refractivity contribution in [3.8, 4) is 12.0 Å². The van der Waals surface area contributed by atoms with Gasteiger partial charge in [0.15, 0.2) is 0 Å². The Balaban J connectivity index is 2.13. The first-order chi connectivity index (χ1) is 7.31. The summed E-state index contributed by atoms with van der Waals surface area (Å²) in [6.07, 6.45) is 0.0295. The summed E-state index contributed by atoms with van der Waals surface area (Å²) in [7, 11) is 3.20. The van der Waals surface area contributed by atoms with E-state index in [-0.39, 0.29) is 18.1 Å². The fourth-order valence-electron chi connectivity index (χ4n) is 1.02. The summed E-state index contributed by atoms with van der Waals surface area (Å²) < 4.78 is 15.3. The highest BCUT2D eigenvalue weighted by atomic mass is 16.6. The molecule has 82 valence electrons. The number of hydrogen-bond donors (Lipinski definition) is 1.